The van der Waals surface area contributed by atoms with Crippen molar-refractivity contribution in [1.29, 1.82) is 0 Å². The summed E-state index contributed by atoms with van der Waals surface area (Å²) in [6.45, 7) is 4.93. The van der Waals surface area contributed by atoms with Crippen LogP contribution in [0.2, 0.25) is 0 Å². The first-order valence-corrected chi connectivity index (χ1v) is 8.64. The highest BCUT2D eigenvalue weighted by molar-refractivity contribution is 7.09. The molecule has 0 saturated carbocycles. The van der Waals surface area contributed by atoms with Gasteiger partial charge in [-0.2, -0.15) is 5.10 Å². The number of hydrogen-bond donors (Lipinski definition) is 0. The molecule has 0 aliphatic carbocycles. The van der Waals surface area contributed by atoms with E-state index in [1.54, 1.807) is 11.3 Å². The maximum Gasteiger partial charge on any atom is 0.223 e. The lowest BCUT2D eigenvalue weighted by Gasteiger charge is -2.23. The second-order valence-corrected chi connectivity index (χ2v) is 6.81. The van der Waals surface area contributed by atoms with Crippen molar-refractivity contribution in [3.05, 3.63) is 33.5 Å². The Morgan fingerprint density at radius 3 is 2.91 bits per heavy atom. The largest absolute Gasteiger partial charge is 0.333 e. The maximum atomic E-state index is 12.6. The third-order valence-corrected chi connectivity index (χ3v) is 5.43. The Kier molecular flexibility index (Phi) is 4.29. The van der Waals surface area contributed by atoms with E-state index >= 15 is 0 Å². The van der Waals surface area contributed by atoms with Crippen LogP contribution in [0.25, 0.3) is 0 Å². The normalized spacial score (nSPS) is 18.1. The number of amides is 1. The number of carbonyl (C=O) groups excluding carboxylic acids is 1. The predicted molar refractivity (Wildman–Crippen MR) is 86.8 cm³/mol. The van der Waals surface area contributed by atoms with Crippen molar-refractivity contribution in [1.82, 2.24) is 19.7 Å². The molecule has 1 aliphatic heterocycles. The lowest BCUT2D eigenvalue weighted by Crippen LogP contribution is -2.30. The van der Waals surface area contributed by atoms with Crippen molar-refractivity contribution in [2.24, 2.45) is 7.05 Å². The molecule has 0 aromatic carbocycles. The summed E-state index contributed by atoms with van der Waals surface area (Å²) in [5.41, 5.74) is 3.40. The Morgan fingerprint density at radius 1 is 1.45 bits per heavy atom. The molecule has 22 heavy (non-hydrogen) atoms. The van der Waals surface area contributed by atoms with Gasteiger partial charge in [-0.3, -0.25) is 9.48 Å². The molecule has 5 nitrogen and oxygen atoms in total. The molecule has 1 fully saturated rings. The van der Waals surface area contributed by atoms with Crippen molar-refractivity contribution in [2.45, 2.75) is 45.6 Å². The molecule has 0 radical (unpaired) electrons. The van der Waals surface area contributed by atoms with Crippen LogP contribution in [0.5, 0.6) is 0 Å². The van der Waals surface area contributed by atoms with Crippen LogP contribution in [0.1, 0.15) is 47.3 Å². The summed E-state index contributed by atoms with van der Waals surface area (Å²) >= 11 is 1.65. The van der Waals surface area contributed by atoms with Gasteiger partial charge in [0.05, 0.1) is 11.7 Å². The first-order valence-electron chi connectivity index (χ1n) is 7.76. The zero-order chi connectivity index (χ0) is 15.7. The summed E-state index contributed by atoms with van der Waals surface area (Å²) in [7, 11) is 1.95. The van der Waals surface area contributed by atoms with Gasteiger partial charge in [-0.05, 0) is 38.7 Å². The molecule has 1 saturated heterocycles. The van der Waals surface area contributed by atoms with Crippen LogP contribution in [0.15, 0.2) is 11.6 Å². The first-order chi connectivity index (χ1) is 10.6. The number of hydrogen-bond acceptors (Lipinski definition) is 4. The Labute approximate surface area is 135 Å². The van der Waals surface area contributed by atoms with E-state index in [0.717, 1.165) is 42.2 Å². The number of rotatable bonds is 4. The second kappa shape index (κ2) is 6.20. The smallest absolute Gasteiger partial charge is 0.223 e. The van der Waals surface area contributed by atoms with Crippen LogP contribution in [-0.2, 0) is 18.3 Å². The summed E-state index contributed by atoms with van der Waals surface area (Å²) in [4.78, 5) is 19.0. The van der Waals surface area contributed by atoms with E-state index in [0.29, 0.717) is 6.42 Å². The van der Waals surface area contributed by atoms with Crippen LogP contribution in [-0.4, -0.2) is 32.1 Å². The van der Waals surface area contributed by atoms with E-state index in [4.69, 9.17) is 0 Å². The second-order valence-electron chi connectivity index (χ2n) is 5.89. The minimum absolute atomic E-state index is 0.184. The molecule has 3 rings (SSSR count). The number of nitrogens with zero attached hydrogens (tertiary/aromatic N) is 4. The molecule has 2 aromatic heterocycles. The lowest BCUT2D eigenvalue weighted by atomic mass is 10.1. The third-order valence-electron chi connectivity index (χ3n) is 4.56. The maximum absolute atomic E-state index is 12.6. The number of carbonyl (C=O) groups is 1. The number of aromatic nitrogens is 3. The molecule has 0 N–H and O–H groups in total. The topological polar surface area (TPSA) is 51.0 Å². The molecular formula is C16H22N4OS. The molecule has 6 heteroatoms. The minimum atomic E-state index is 0.184. The molecule has 1 atom stereocenters. The van der Waals surface area contributed by atoms with E-state index < -0.39 is 0 Å². The highest BCUT2D eigenvalue weighted by Crippen LogP contribution is 2.33. The van der Waals surface area contributed by atoms with E-state index in [1.807, 2.05) is 35.1 Å². The summed E-state index contributed by atoms with van der Waals surface area (Å²) in [6.07, 6.45) is 5.25. The fourth-order valence-electron chi connectivity index (χ4n) is 3.28. The highest BCUT2D eigenvalue weighted by atomic mass is 32.1. The van der Waals surface area contributed by atoms with Gasteiger partial charge in [0.15, 0.2) is 0 Å². The molecular weight excluding hydrogens is 296 g/mol. The standard InChI is InChI=1S/C16H22N4OS/c1-11-13(12(2)19(3)18-11)6-7-15(21)20-9-4-5-14(20)16-17-8-10-22-16/h8,10,14H,4-7,9H2,1-3H3. The van der Waals surface area contributed by atoms with Gasteiger partial charge in [0.1, 0.15) is 5.01 Å². The van der Waals surface area contributed by atoms with Gasteiger partial charge in [-0.15, -0.1) is 11.3 Å². The molecule has 118 valence electrons. The van der Waals surface area contributed by atoms with Crippen molar-refractivity contribution in [3.8, 4) is 0 Å². The van der Waals surface area contributed by atoms with E-state index in [9.17, 15) is 4.79 Å². The zero-order valence-electron chi connectivity index (χ0n) is 13.4. The van der Waals surface area contributed by atoms with Gasteiger partial charge in [-0.25, -0.2) is 4.98 Å². The summed E-state index contributed by atoms with van der Waals surface area (Å²) in [6, 6.07) is 0.184. The minimum Gasteiger partial charge on any atom is -0.333 e. The van der Waals surface area contributed by atoms with Crippen LogP contribution < -0.4 is 0 Å². The van der Waals surface area contributed by atoms with Gasteiger partial charge >= 0.3 is 0 Å². The quantitative estimate of drug-likeness (QED) is 0.871. The van der Waals surface area contributed by atoms with Gasteiger partial charge in [-0.1, -0.05) is 0 Å². The Morgan fingerprint density at radius 2 is 2.27 bits per heavy atom. The molecule has 0 spiro atoms. The van der Waals surface area contributed by atoms with Crippen LogP contribution in [0.3, 0.4) is 0 Å². The molecule has 1 amide bonds. The molecule has 0 bridgehead atoms. The van der Waals surface area contributed by atoms with Gasteiger partial charge in [0.25, 0.3) is 0 Å². The van der Waals surface area contributed by atoms with Crippen molar-refractivity contribution < 1.29 is 4.79 Å². The van der Waals surface area contributed by atoms with E-state index in [-0.39, 0.29) is 11.9 Å². The number of aryl methyl sites for hydroxylation is 2. The molecule has 3 heterocycles. The number of thiazole rings is 1. The zero-order valence-corrected chi connectivity index (χ0v) is 14.2. The summed E-state index contributed by atoms with van der Waals surface area (Å²) in [5.74, 6) is 0.236. The molecule has 1 unspecified atom stereocenters. The van der Waals surface area contributed by atoms with Crippen molar-refractivity contribution >= 4 is 17.2 Å². The molecule has 1 aliphatic rings. The van der Waals surface area contributed by atoms with Crippen LogP contribution >= 0.6 is 11.3 Å². The Balaban J connectivity index is 1.67. The van der Waals surface area contributed by atoms with E-state index in [1.165, 1.54) is 5.56 Å². The SMILES string of the molecule is Cc1nn(C)c(C)c1CCC(=O)N1CCCC1c1nccs1. The van der Waals surface area contributed by atoms with Crippen LogP contribution in [0.4, 0.5) is 0 Å². The fourth-order valence-corrected chi connectivity index (χ4v) is 4.06. The lowest BCUT2D eigenvalue weighted by molar-refractivity contribution is -0.132. The monoisotopic (exact) mass is 318 g/mol. The fraction of sp³-hybridized carbons (Fsp3) is 0.562. The van der Waals surface area contributed by atoms with Crippen LogP contribution in [0, 0.1) is 13.8 Å². The Bertz CT molecular complexity index is 662. The van der Waals surface area contributed by atoms with Gasteiger partial charge in [0, 0.05) is 37.3 Å². The summed E-state index contributed by atoms with van der Waals surface area (Å²) < 4.78 is 1.89. The third kappa shape index (κ3) is 2.79. The highest BCUT2D eigenvalue weighted by Gasteiger charge is 2.31. The summed E-state index contributed by atoms with van der Waals surface area (Å²) in [5, 5.41) is 7.48. The first kappa shape index (κ1) is 15.2. The Hall–Kier alpha value is -1.69. The van der Waals surface area contributed by atoms with Gasteiger partial charge in [0.2, 0.25) is 5.91 Å². The van der Waals surface area contributed by atoms with Crippen molar-refractivity contribution in [2.75, 3.05) is 6.54 Å². The average Bonchev–Trinajstić information content (AvgIpc) is 3.20. The van der Waals surface area contributed by atoms with Gasteiger partial charge < -0.3 is 4.90 Å². The predicted octanol–water partition coefficient (Wildman–Crippen LogP) is 2.79. The van der Waals surface area contributed by atoms with Crippen molar-refractivity contribution in [3.63, 3.8) is 0 Å². The molecule has 2 aromatic rings. The number of likely N-dealkylation sites (tertiary alicyclic amines) is 1. The van der Waals surface area contributed by atoms with E-state index in [2.05, 4.69) is 17.0 Å². The average molecular weight is 318 g/mol.